The van der Waals surface area contributed by atoms with Gasteiger partial charge in [-0.2, -0.15) is 0 Å². The predicted octanol–water partition coefficient (Wildman–Crippen LogP) is 5.72. The molecule has 1 unspecified atom stereocenters. The topological polar surface area (TPSA) is 166 Å². The van der Waals surface area contributed by atoms with E-state index in [1.807, 2.05) is 0 Å². The summed E-state index contributed by atoms with van der Waals surface area (Å²) in [6.07, 6.45) is 2.38. The third-order valence-corrected chi connectivity index (χ3v) is 9.96. The van der Waals surface area contributed by atoms with Gasteiger partial charge < -0.3 is 85.3 Å². The molecular formula is C52H98O18. The Morgan fingerprint density at radius 1 is 0.300 bits per heavy atom. The Morgan fingerprint density at radius 3 is 0.729 bits per heavy atom. The van der Waals surface area contributed by atoms with Crippen molar-refractivity contribution in [2.24, 2.45) is 11.3 Å². The summed E-state index contributed by atoms with van der Waals surface area (Å²) in [6.45, 7) is 31.4. The molecule has 0 bridgehead atoms. The zero-order valence-corrected chi connectivity index (χ0v) is 44.7. The Balaban J connectivity index is 1.68. The molecule has 0 heterocycles. The lowest BCUT2D eigenvalue weighted by atomic mass is 9.73. The van der Waals surface area contributed by atoms with E-state index >= 15 is 0 Å². The molecule has 0 aliphatic carbocycles. The lowest BCUT2D eigenvalue weighted by molar-refractivity contribution is -0.0306. The highest BCUT2D eigenvalue weighted by Crippen LogP contribution is 2.36. The van der Waals surface area contributed by atoms with Crippen molar-refractivity contribution >= 4 is 0 Å². The van der Waals surface area contributed by atoms with E-state index in [1.54, 1.807) is 7.11 Å². The minimum absolute atomic E-state index is 0.124. The lowest BCUT2D eigenvalue weighted by Crippen LogP contribution is -2.23. The van der Waals surface area contributed by atoms with Crippen LogP contribution in [0, 0.1) is 11.3 Å². The van der Waals surface area contributed by atoms with E-state index in [0.29, 0.717) is 236 Å². The second-order valence-corrected chi connectivity index (χ2v) is 18.1. The van der Waals surface area contributed by atoms with Crippen LogP contribution in [0.1, 0.15) is 59.9 Å². The van der Waals surface area contributed by atoms with Gasteiger partial charge in [0.1, 0.15) is 12.4 Å². The van der Waals surface area contributed by atoms with Gasteiger partial charge in [0.15, 0.2) is 0 Å². The first-order valence-electron chi connectivity index (χ1n) is 25.6. The molecule has 0 saturated carbocycles. The number of hydrogen-bond donors (Lipinski definition) is 0. The van der Waals surface area contributed by atoms with Crippen LogP contribution in [-0.4, -0.2) is 232 Å². The van der Waals surface area contributed by atoms with Crippen molar-refractivity contribution < 1.29 is 85.3 Å². The number of rotatable bonds is 56. The molecule has 0 N–H and O–H groups in total. The van der Waals surface area contributed by atoms with Gasteiger partial charge in [-0.3, -0.25) is 0 Å². The van der Waals surface area contributed by atoms with Gasteiger partial charge >= 0.3 is 0 Å². The maximum Gasteiger partial charge on any atom is 0.119 e. The monoisotopic (exact) mass is 1010 g/mol. The summed E-state index contributed by atoms with van der Waals surface area (Å²) in [7, 11) is 1.65. The Labute approximate surface area is 422 Å². The van der Waals surface area contributed by atoms with E-state index in [4.69, 9.17) is 85.3 Å². The zero-order chi connectivity index (χ0) is 50.7. The Kier molecular flexibility index (Phi) is 47.0. The highest BCUT2D eigenvalue weighted by Gasteiger charge is 2.26. The number of benzene rings is 1. The summed E-state index contributed by atoms with van der Waals surface area (Å²) >= 11 is 0. The van der Waals surface area contributed by atoms with Crippen LogP contribution in [0.2, 0.25) is 0 Å². The minimum Gasteiger partial charge on any atom is -0.491 e. The Morgan fingerprint density at radius 2 is 0.514 bits per heavy atom. The van der Waals surface area contributed by atoms with Gasteiger partial charge in [0.2, 0.25) is 0 Å². The van der Waals surface area contributed by atoms with Crippen LogP contribution < -0.4 is 4.74 Å². The summed E-state index contributed by atoms with van der Waals surface area (Å²) < 4.78 is 98.9. The van der Waals surface area contributed by atoms with Crippen LogP contribution in [-0.2, 0) is 85.9 Å². The Hall–Kier alpha value is -1.66. The van der Waals surface area contributed by atoms with Gasteiger partial charge in [-0.1, -0.05) is 53.7 Å². The van der Waals surface area contributed by atoms with Gasteiger partial charge in [0, 0.05) is 7.11 Å². The minimum atomic E-state index is 0.124. The first-order chi connectivity index (χ1) is 34.1. The maximum absolute atomic E-state index is 5.88. The molecular weight excluding hydrogens is 913 g/mol. The predicted molar refractivity (Wildman–Crippen MR) is 268 cm³/mol. The molecule has 0 amide bonds. The molecule has 0 radical (unpaired) electrons. The fourth-order valence-corrected chi connectivity index (χ4v) is 6.87. The molecule has 1 atom stereocenters. The molecule has 0 spiro atoms. The van der Waals surface area contributed by atoms with Crippen LogP contribution in [0.3, 0.4) is 0 Å². The fraction of sp³-hybridized carbons (Fsp3) is 0.885. The van der Waals surface area contributed by atoms with Gasteiger partial charge in [0.05, 0.1) is 218 Å². The summed E-state index contributed by atoms with van der Waals surface area (Å²) in [4.78, 5) is 0. The zero-order valence-electron chi connectivity index (χ0n) is 44.7. The first kappa shape index (κ1) is 66.4. The van der Waals surface area contributed by atoms with Crippen LogP contribution in [0.25, 0.3) is 0 Å². The van der Waals surface area contributed by atoms with Gasteiger partial charge in [-0.15, -0.1) is 0 Å². The van der Waals surface area contributed by atoms with E-state index in [2.05, 4.69) is 65.8 Å². The third kappa shape index (κ3) is 47.4. The maximum atomic E-state index is 5.88. The summed E-state index contributed by atoms with van der Waals surface area (Å²) in [5.41, 5.74) is 1.82. The molecule has 0 aromatic heterocycles. The smallest absolute Gasteiger partial charge is 0.119 e. The van der Waals surface area contributed by atoms with Crippen molar-refractivity contribution in [3.63, 3.8) is 0 Å². The Bertz CT molecular complexity index is 1190. The van der Waals surface area contributed by atoms with Crippen molar-refractivity contribution in [3.8, 4) is 5.75 Å². The van der Waals surface area contributed by atoms with Gasteiger partial charge in [-0.25, -0.2) is 0 Å². The van der Waals surface area contributed by atoms with Crippen molar-refractivity contribution in [1.82, 2.24) is 0 Å². The van der Waals surface area contributed by atoms with Crippen molar-refractivity contribution in [2.45, 2.75) is 59.8 Å². The third-order valence-electron chi connectivity index (χ3n) is 9.96. The molecule has 18 nitrogen and oxygen atoms in total. The number of methoxy groups -OCH3 is 1. The molecule has 0 saturated heterocycles. The molecule has 0 aliphatic heterocycles. The first-order valence-corrected chi connectivity index (χ1v) is 25.6. The van der Waals surface area contributed by atoms with Crippen molar-refractivity contribution in [1.29, 1.82) is 0 Å². The molecule has 1 aromatic rings. The molecule has 70 heavy (non-hydrogen) atoms. The van der Waals surface area contributed by atoms with Crippen molar-refractivity contribution in [3.05, 3.63) is 29.8 Å². The van der Waals surface area contributed by atoms with E-state index in [0.717, 1.165) is 12.2 Å². The van der Waals surface area contributed by atoms with Crippen LogP contribution in [0.4, 0.5) is 0 Å². The molecule has 0 aliphatic rings. The fourth-order valence-electron chi connectivity index (χ4n) is 6.87. The van der Waals surface area contributed by atoms with E-state index in [9.17, 15) is 0 Å². The van der Waals surface area contributed by atoms with E-state index in [-0.39, 0.29) is 5.41 Å². The summed E-state index contributed by atoms with van der Waals surface area (Å²) in [6, 6.07) is 8.51. The SMILES string of the molecule is COCCOCCOCCOCCOCCOCCOCCOCCOCCOCCOCCOCCOCCOCCOCCOCCOCCOc1ccc(C(C)(C)CC(C)CC(C)(C)C)cc1. The largest absolute Gasteiger partial charge is 0.491 e. The van der Waals surface area contributed by atoms with E-state index < -0.39 is 0 Å². The van der Waals surface area contributed by atoms with Crippen LogP contribution >= 0.6 is 0 Å². The number of hydrogen-bond acceptors (Lipinski definition) is 18. The summed E-state index contributed by atoms with van der Waals surface area (Å²) in [5.74, 6) is 1.53. The summed E-state index contributed by atoms with van der Waals surface area (Å²) in [5, 5.41) is 0. The average Bonchev–Trinajstić information content (AvgIpc) is 3.32. The highest BCUT2D eigenvalue weighted by atomic mass is 16.6. The average molecular weight is 1010 g/mol. The molecule has 1 rings (SSSR count). The molecule has 1 aromatic carbocycles. The van der Waals surface area contributed by atoms with Gasteiger partial charge in [0.25, 0.3) is 0 Å². The van der Waals surface area contributed by atoms with Crippen LogP contribution in [0.5, 0.6) is 5.75 Å². The van der Waals surface area contributed by atoms with E-state index in [1.165, 1.54) is 12.0 Å². The highest BCUT2D eigenvalue weighted by molar-refractivity contribution is 5.31. The second-order valence-electron chi connectivity index (χ2n) is 18.1. The van der Waals surface area contributed by atoms with Crippen molar-refractivity contribution in [2.75, 3.05) is 232 Å². The van der Waals surface area contributed by atoms with Gasteiger partial charge in [-0.05, 0) is 47.3 Å². The van der Waals surface area contributed by atoms with Crippen LogP contribution in [0.15, 0.2) is 24.3 Å². The number of ether oxygens (including phenoxy) is 18. The standard InChI is InChI=1S/C52H98O18/c1-48(46-51(2,3)4)47-52(5,6)49-8-10-50(11-9-49)70-45-44-69-43-42-68-41-40-67-39-38-66-37-36-65-35-34-64-33-32-63-31-30-62-29-28-61-27-26-60-25-24-59-23-22-58-21-20-57-19-18-56-17-16-55-15-14-54-13-12-53-7/h8-11,48H,12-47H2,1-7H3. The molecule has 414 valence electrons. The molecule has 18 heteroatoms. The molecule has 0 fully saturated rings. The normalized spacial score (nSPS) is 12.6. The lowest BCUT2D eigenvalue weighted by Gasteiger charge is -2.32. The second kappa shape index (κ2) is 49.5. The quantitative estimate of drug-likeness (QED) is 0.0727.